The zero-order valence-electron chi connectivity index (χ0n) is 11.2. The second-order valence-corrected chi connectivity index (χ2v) is 5.82. The molecule has 0 saturated heterocycles. The molecule has 0 spiro atoms. The number of halogens is 1. The lowest BCUT2D eigenvalue weighted by Gasteiger charge is -2.08. The number of benzene rings is 1. The molecule has 2 rings (SSSR count). The summed E-state index contributed by atoms with van der Waals surface area (Å²) in [6.45, 7) is 3.11. The number of carbonyl (C=O) groups is 1. The molecular formula is C12H12FN3O4S. The van der Waals surface area contributed by atoms with E-state index in [1.165, 1.54) is 0 Å². The molecule has 0 radical (unpaired) electrons. The first kappa shape index (κ1) is 15.1. The molecule has 0 unspecified atom stereocenters. The van der Waals surface area contributed by atoms with E-state index in [1.807, 2.05) is 0 Å². The fraction of sp³-hybridized carbons (Fsp3) is 0.167. The Balaban J connectivity index is 2.42. The Morgan fingerprint density at radius 1 is 1.38 bits per heavy atom. The fourth-order valence-corrected chi connectivity index (χ4v) is 2.44. The number of nitrogens with zero attached hydrogens (tertiary/aromatic N) is 1. The summed E-state index contributed by atoms with van der Waals surface area (Å²) < 4.78 is 41.2. The van der Waals surface area contributed by atoms with Crippen LogP contribution >= 0.6 is 0 Å². The van der Waals surface area contributed by atoms with Gasteiger partial charge in [0.15, 0.2) is 5.89 Å². The van der Waals surface area contributed by atoms with Crippen LogP contribution in [0.2, 0.25) is 0 Å². The Morgan fingerprint density at radius 3 is 2.57 bits per heavy atom. The number of aromatic nitrogens is 1. The van der Waals surface area contributed by atoms with Gasteiger partial charge in [-0.25, -0.2) is 22.9 Å². The van der Waals surface area contributed by atoms with Crippen LogP contribution in [0, 0.1) is 19.7 Å². The number of amides is 1. The van der Waals surface area contributed by atoms with Crippen molar-refractivity contribution in [2.45, 2.75) is 18.7 Å². The van der Waals surface area contributed by atoms with Gasteiger partial charge in [0.1, 0.15) is 10.7 Å². The van der Waals surface area contributed by atoms with E-state index in [1.54, 1.807) is 13.8 Å². The summed E-state index contributed by atoms with van der Waals surface area (Å²) in [7, 11) is -4.11. The molecule has 0 fully saturated rings. The largest absolute Gasteiger partial charge is 0.436 e. The first-order valence-electron chi connectivity index (χ1n) is 5.76. The average Bonchev–Trinajstić information content (AvgIpc) is 2.67. The summed E-state index contributed by atoms with van der Waals surface area (Å²) in [6.07, 6.45) is 0. The number of nitrogens with one attached hydrogen (secondary N) is 1. The van der Waals surface area contributed by atoms with Crippen LogP contribution < -0.4 is 10.5 Å². The molecule has 112 valence electrons. The molecule has 0 saturated carbocycles. The van der Waals surface area contributed by atoms with Crippen molar-refractivity contribution in [2.75, 3.05) is 5.32 Å². The van der Waals surface area contributed by atoms with Gasteiger partial charge in [0.05, 0.1) is 11.4 Å². The number of hydrogen-bond acceptors (Lipinski definition) is 5. The van der Waals surface area contributed by atoms with E-state index in [0.717, 1.165) is 18.2 Å². The molecule has 0 aliphatic carbocycles. The van der Waals surface area contributed by atoms with Crippen LogP contribution in [0.25, 0.3) is 0 Å². The molecule has 1 aromatic heterocycles. The molecule has 3 N–H and O–H groups in total. The van der Waals surface area contributed by atoms with Gasteiger partial charge < -0.3 is 9.73 Å². The maximum Gasteiger partial charge on any atom is 0.293 e. The van der Waals surface area contributed by atoms with Crippen LogP contribution in [0.4, 0.5) is 10.1 Å². The van der Waals surface area contributed by atoms with E-state index in [9.17, 15) is 17.6 Å². The number of carbonyl (C=O) groups excluding carboxylic acids is 1. The Morgan fingerprint density at radius 2 is 2.05 bits per heavy atom. The van der Waals surface area contributed by atoms with Gasteiger partial charge in [-0.15, -0.1) is 0 Å². The number of hydrogen-bond donors (Lipinski definition) is 2. The van der Waals surface area contributed by atoms with Gasteiger partial charge in [-0.2, -0.15) is 0 Å². The maximum absolute atomic E-state index is 13.2. The van der Waals surface area contributed by atoms with Gasteiger partial charge in [-0.05, 0) is 25.1 Å². The minimum Gasteiger partial charge on any atom is -0.436 e. The molecule has 1 aromatic carbocycles. The van der Waals surface area contributed by atoms with Crippen molar-refractivity contribution < 1.29 is 22.0 Å². The molecule has 0 atom stereocenters. The molecule has 7 nitrogen and oxygen atoms in total. The second-order valence-electron chi connectivity index (χ2n) is 4.29. The average molecular weight is 313 g/mol. The minimum atomic E-state index is -4.11. The molecule has 2 aromatic rings. The Labute approximate surface area is 120 Å². The molecule has 1 heterocycles. The topological polar surface area (TPSA) is 115 Å². The van der Waals surface area contributed by atoms with Crippen molar-refractivity contribution >= 4 is 21.6 Å². The Bertz CT molecular complexity index is 814. The number of rotatable bonds is 3. The lowest BCUT2D eigenvalue weighted by molar-refractivity contribution is 0.0994. The Kier molecular flexibility index (Phi) is 3.79. The molecule has 1 amide bonds. The van der Waals surface area contributed by atoms with E-state index in [4.69, 9.17) is 9.56 Å². The second kappa shape index (κ2) is 5.26. The third kappa shape index (κ3) is 3.26. The summed E-state index contributed by atoms with van der Waals surface area (Å²) in [6, 6.07) is 2.76. The van der Waals surface area contributed by atoms with E-state index >= 15 is 0 Å². The van der Waals surface area contributed by atoms with Gasteiger partial charge in [0, 0.05) is 6.92 Å². The first-order chi connectivity index (χ1) is 9.68. The van der Waals surface area contributed by atoms with Crippen LogP contribution in [-0.4, -0.2) is 19.3 Å². The van der Waals surface area contributed by atoms with E-state index < -0.39 is 26.6 Å². The smallest absolute Gasteiger partial charge is 0.293 e. The predicted octanol–water partition coefficient (Wildman–Crippen LogP) is 1.33. The molecule has 9 heteroatoms. The number of nitrogens with two attached hydrogens (primary N) is 1. The third-order valence-corrected chi connectivity index (χ3v) is 3.58. The van der Waals surface area contributed by atoms with Gasteiger partial charge in [0.25, 0.3) is 5.91 Å². The molecule has 0 aliphatic heterocycles. The fourth-order valence-electron chi connectivity index (χ4n) is 1.77. The lowest BCUT2D eigenvalue weighted by Crippen LogP contribution is -2.18. The molecule has 0 aliphatic rings. The number of primary sulfonamides is 1. The van der Waals surface area contributed by atoms with Crippen molar-refractivity contribution in [3.8, 4) is 0 Å². The lowest BCUT2D eigenvalue weighted by atomic mass is 10.3. The standard InChI is InChI=1S/C12H12FN3O4S/c1-6-11(20-7(2)15-6)12(17)16-9-5-8(13)3-4-10(9)21(14,18)19/h3-5H,1-2H3,(H,16,17)(H2,14,18,19). The van der Waals surface area contributed by atoms with Gasteiger partial charge in [-0.3, -0.25) is 4.79 Å². The molecular weight excluding hydrogens is 301 g/mol. The Hall–Kier alpha value is -2.26. The third-order valence-electron chi connectivity index (χ3n) is 2.61. The van der Waals surface area contributed by atoms with Crippen molar-refractivity contribution in [2.24, 2.45) is 5.14 Å². The van der Waals surface area contributed by atoms with E-state index in [2.05, 4.69) is 10.3 Å². The summed E-state index contributed by atoms with van der Waals surface area (Å²) in [5, 5.41) is 7.28. The monoisotopic (exact) mass is 313 g/mol. The van der Waals surface area contributed by atoms with Gasteiger partial charge in [0.2, 0.25) is 15.8 Å². The normalized spacial score (nSPS) is 11.4. The van der Waals surface area contributed by atoms with Crippen LogP contribution in [-0.2, 0) is 10.0 Å². The van der Waals surface area contributed by atoms with Crippen LogP contribution in [0.15, 0.2) is 27.5 Å². The highest BCUT2D eigenvalue weighted by molar-refractivity contribution is 7.89. The van der Waals surface area contributed by atoms with Crippen molar-refractivity contribution in [1.29, 1.82) is 0 Å². The van der Waals surface area contributed by atoms with E-state index in [-0.39, 0.29) is 17.3 Å². The van der Waals surface area contributed by atoms with E-state index in [0.29, 0.717) is 5.69 Å². The SMILES string of the molecule is Cc1nc(C)c(C(=O)Nc2cc(F)ccc2S(N)(=O)=O)o1. The predicted molar refractivity (Wildman–Crippen MR) is 71.7 cm³/mol. The maximum atomic E-state index is 13.2. The summed E-state index contributed by atoms with van der Waals surface area (Å²) in [5.41, 5.74) is 0.0644. The first-order valence-corrected chi connectivity index (χ1v) is 7.31. The van der Waals surface area contributed by atoms with Crippen molar-refractivity contribution in [1.82, 2.24) is 4.98 Å². The highest BCUT2D eigenvalue weighted by atomic mass is 32.2. The van der Waals surface area contributed by atoms with Crippen molar-refractivity contribution in [3.05, 3.63) is 41.4 Å². The van der Waals surface area contributed by atoms with Gasteiger partial charge in [-0.1, -0.05) is 0 Å². The number of anilines is 1. The quantitative estimate of drug-likeness (QED) is 0.887. The summed E-state index contributed by atoms with van der Waals surface area (Å²) in [4.78, 5) is 15.6. The molecule has 21 heavy (non-hydrogen) atoms. The zero-order chi connectivity index (χ0) is 15.8. The number of oxazole rings is 1. The molecule has 0 bridgehead atoms. The van der Waals surface area contributed by atoms with Crippen LogP contribution in [0.5, 0.6) is 0 Å². The van der Waals surface area contributed by atoms with Gasteiger partial charge >= 0.3 is 0 Å². The van der Waals surface area contributed by atoms with Crippen molar-refractivity contribution in [3.63, 3.8) is 0 Å². The minimum absolute atomic E-state index is 0.0860. The van der Waals surface area contributed by atoms with Crippen LogP contribution in [0.1, 0.15) is 22.1 Å². The summed E-state index contributed by atoms with van der Waals surface area (Å²) in [5.74, 6) is -1.27. The summed E-state index contributed by atoms with van der Waals surface area (Å²) >= 11 is 0. The number of sulfonamides is 1. The number of aryl methyl sites for hydroxylation is 2. The zero-order valence-corrected chi connectivity index (χ0v) is 12.0. The highest BCUT2D eigenvalue weighted by Gasteiger charge is 2.20. The highest BCUT2D eigenvalue weighted by Crippen LogP contribution is 2.22. The van der Waals surface area contributed by atoms with Crippen LogP contribution in [0.3, 0.4) is 0 Å².